The number of nitrogens with zero attached hydrogens (tertiary/aromatic N) is 1. The largest absolute Gasteiger partial charge is 0.310 e. The van der Waals surface area contributed by atoms with Crippen molar-refractivity contribution in [3.05, 3.63) is 23.9 Å². The van der Waals surface area contributed by atoms with Crippen molar-refractivity contribution in [1.29, 1.82) is 0 Å². The molecule has 70 valence electrons. The normalized spacial score (nSPS) is 12.8. The number of nitrogens with two attached hydrogens (primary N) is 1. The number of allylic oxidation sites excluding steroid dienone is 3. The van der Waals surface area contributed by atoms with E-state index in [0.29, 0.717) is 5.92 Å². The van der Waals surface area contributed by atoms with Crippen LogP contribution in [-0.4, -0.2) is 11.4 Å². The molecule has 3 heteroatoms. The average molecular weight is 186 g/mol. The molecular formula is C9H18N2S. The summed E-state index contributed by atoms with van der Waals surface area (Å²) in [5.74, 6) is 0.476. The Balaban J connectivity index is 4.77. The lowest BCUT2D eigenvalue weighted by molar-refractivity contribution is 0.566. The molecule has 0 aliphatic carbocycles. The Hall–Kier alpha value is -0.410. The van der Waals surface area contributed by atoms with Gasteiger partial charge in [-0.15, -0.1) is 0 Å². The molecule has 0 fully saturated rings. The Morgan fingerprint density at radius 1 is 1.58 bits per heavy atom. The second-order valence-electron chi connectivity index (χ2n) is 3.03. The minimum Gasteiger partial charge on any atom is -0.310 e. The van der Waals surface area contributed by atoms with E-state index in [-0.39, 0.29) is 0 Å². The molecule has 0 aromatic carbocycles. The van der Waals surface area contributed by atoms with Crippen molar-refractivity contribution in [3.63, 3.8) is 0 Å². The average Bonchev–Trinajstić information content (AvgIpc) is 2.03. The fourth-order valence-corrected chi connectivity index (χ4v) is 1.70. The minimum absolute atomic E-state index is 0.476. The molecule has 0 saturated heterocycles. The first-order valence-electron chi connectivity index (χ1n) is 3.98. The predicted molar refractivity (Wildman–Crippen MR) is 57.3 cm³/mol. The van der Waals surface area contributed by atoms with E-state index in [0.717, 1.165) is 0 Å². The highest BCUT2D eigenvalue weighted by molar-refractivity contribution is 7.94. The van der Waals surface area contributed by atoms with Crippen LogP contribution < -0.4 is 5.14 Å². The van der Waals surface area contributed by atoms with Gasteiger partial charge < -0.3 is 4.31 Å². The molecule has 0 aromatic heterocycles. The summed E-state index contributed by atoms with van der Waals surface area (Å²) in [6, 6.07) is 0. The highest BCUT2D eigenvalue weighted by atomic mass is 32.2. The lowest BCUT2D eigenvalue weighted by atomic mass is 10.1. The Bertz CT molecular complexity index is 185. The van der Waals surface area contributed by atoms with Gasteiger partial charge in [-0.2, -0.15) is 0 Å². The van der Waals surface area contributed by atoms with E-state index in [9.17, 15) is 0 Å². The highest BCUT2D eigenvalue weighted by Crippen LogP contribution is 2.22. The molecule has 0 aliphatic rings. The first kappa shape index (κ1) is 11.6. The van der Waals surface area contributed by atoms with E-state index < -0.39 is 0 Å². The lowest BCUT2D eigenvalue weighted by Gasteiger charge is -2.23. The summed E-state index contributed by atoms with van der Waals surface area (Å²) in [6.45, 7) is 10.1. The zero-order valence-electron chi connectivity index (χ0n) is 8.29. The Morgan fingerprint density at radius 3 is 2.33 bits per heavy atom. The van der Waals surface area contributed by atoms with E-state index in [1.807, 2.05) is 17.4 Å². The molecular weight excluding hydrogens is 168 g/mol. The Labute approximate surface area is 79.8 Å². The molecule has 0 aromatic rings. The van der Waals surface area contributed by atoms with Gasteiger partial charge in [-0.1, -0.05) is 26.5 Å². The summed E-state index contributed by atoms with van der Waals surface area (Å²) in [4.78, 5) is 0. The van der Waals surface area contributed by atoms with Gasteiger partial charge in [-0.25, -0.2) is 0 Å². The van der Waals surface area contributed by atoms with Crippen LogP contribution in [0.15, 0.2) is 23.9 Å². The molecule has 2 N–H and O–H groups in total. The Morgan fingerprint density at radius 2 is 2.08 bits per heavy atom. The first-order valence-corrected chi connectivity index (χ1v) is 4.82. The van der Waals surface area contributed by atoms with Crippen LogP contribution in [0.5, 0.6) is 0 Å². The fourth-order valence-electron chi connectivity index (χ4n) is 1.23. The van der Waals surface area contributed by atoms with Crippen LogP contribution in [0.4, 0.5) is 0 Å². The molecule has 0 unspecified atom stereocenters. The summed E-state index contributed by atoms with van der Waals surface area (Å²) in [5.41, 5.74) is 2.42. The maximum Gasteiger partial charge on any atom is 0.0334 e. The highest BCUT2D eigenvalue weighted by Gasteiger charge is 2.10. The molecule has 2 nitrogen and oxygen atoms in total. The monoisotopic (exact) mass is 186 g/mol. The van der Waals surface area contributed by atoms with Gasteiger partial charge in [0.15, 0.2) is 0 Å². The molecule has 0 heterocycles. The third kappa shape index (κ3) is 2.91. The minimum atomic E-state index is 0.476. The van der Waals surface area contributed by atoms with Crippen molar-refractivity contribution >= 4 is 12.1 Å². The van der Waals surface area contributed by atoms with E-state index in [1.54, 1.807) is 0 Å². The maximum absolute atomic E-state index is 5.48. The van der Waals surface area contributed by atoms with Crippen LogP contribution in [0.25, 0.3) is 0 Å². The molecule has 0 bridgehead atoms. The van der Waals surface area contributed by atoms with Gasteiger partial charge in [0.1, 0.15) is 0 Å². The molecule has 0 aliphatic heterocycles. The number of rotatable bonds is 4. The van der Waals surface area contributed by atoms with Crippen molar-refractivity contribution in [3.8, 4) is 0 Å². The third-order valence-electron chi connectivity index (χ3n) is 1.75. The van der Waals surface area contributed by atoms with Crippen molar-refractivity contribution in [2.45, 2.75) is 20.8 Å². The van der Waals surface area contributed by atoms with Gasteiger partial charge in [0.05, 0.1) is 0 Å². The molecule has 0 saturated carbocycles. The van der Waals surface area contributed by atoms with E-state index >= 15 is 0 Å². The summed E-state index contributed by atoms with van der Waals surface area (Å²) < 4.78 is 1.97. The maximum atomic E-state index is 5.48. The summed E-state index contributed by atoms with van der Waals surface area (Å²) in [5, 5.41) is 5.48. The van der Waals surface area contributed by atoms with E-state index in [4.69, 9.17) is 5.14 Å². The standard InChI is InChI=1S/C9H18N2S/c1-6-8(4)9(7(2)3)11(5)12-10/h6-7H,1,10H2,2-5H3/b9-8-. The predicted octanol–water partition coefficient (Wildman–Crippen LogP) is 2.56. The van der Waals surface area contributed by atoms with Crippen LogP contribution in [-0.2, 0) is 0 Å². The smallest absolute Gasteiger partial charge is 0.0334 e. The molecule has 0 rings (SSSR count). The van der Waals surface area contributed by atoms with Gasteiger partial charge in [-0.3, -0.25) is 5.14 Å². The molecule has 0 radical (unpaired) electrons. The zero-order valence-corrected chi connectivity index (χ0v) is 9.11. The molecule has 0 spiro atoms. The third-order valence-corrected chi connectivity index (χ3v) is 2.27. The van der Waals surface area contributed by atoms with Crippen molar-refractivity contribution in [1.82, 2.24) is 4.31 Å². The van der Waals surface area contributed by atoms with Gasteiger partial charge in [-0.05, 0) is 18.4 Å². The SMILES string of the molecule is C=C/C(C)=C(/C(C)C)N(C)SN. The van der Waals surface area contributed by atoms with E-state index in [2.05, 4.69) is 27.4 Å². The first-order chi connectivity index (χ1) is 5.54. The second kappa shape index (κ2) is 5.27. The van der Waals surface area contributed by atoms with E-state index in [1.165, 1.54) is 23.4 Å². The van der Waals surface area contributed by atoms with Crippen LogP contribution in [0.1, 0.15) is 20.8 Å². The van der Waals surface area contributed by atoms with Gasteiger partial charge in [0.25, 0.3) is 0 Å². The second-order valence-corrected chi connectivity index (χ2v) is 3.79. The number of hydrogen-bond acceptors (Lipinski definition) is 3. The van der Waals surface area contributed by atoms with Crippen LogP contribution in [0.3, 0.4) is 0 Å². The summed E-state index contributed by atoms with van der Waals surface area (Å²) in [7, 11) is 1.97. The fraction of sp³-hybridized carbons (Fsp3) is 0.556. The van der Waals surface area contributed by atoms with Crippen molar-refractivity contribution < 1.29 is 0 Å². The molecule has 0 atom stereocenters. The summed E-state index contributed by atoms with van der Waals surface area (Å²) >= 11 is 1.23. The van der Waals surface area contributed by atoms with Crippen LogP contribution >= 0.6 is 12.1 Å². The lowest BCUT2D eigenvalue weighted by Crippen LogP contribution is -2.17. The van der Waals surface area contributed by atoms with Crippen LogP contribution in [0, 0.1) is 5.92 Å². The van der Waals surface area contributed by atoms with Crippen molar-refractivity contribution in [2.75, 3.05) is 7.05 Å². The van der Waals surface area contributed by atoms with Crippen LogP contribution in [0.2, 0.25) is 0 Å². The van der Waals surface area contributed by atoms with Gasteiger partial charge in [0, 0.05) is 24.9 Å². The molecule has 12 heavy (non-hydrogen) atoms. The summed E-state index contributed by atoms with van der Waals surface area (Å²) in [6.07, 6.45) is 1.86. The van der Waals surface area contributed by atoms with Gasteiger partial charge in [0.2, 0.25) is 0 Å². The van der Waals surface area contributed by atoms with Crippen molar-refractivity contribution in [2.24, 2.45) is 11.1 Å². The number of hydrogen-bond donors (Lipinski definition) is 1. The quantitative estimate of drug-likeness (QED) is 0.540. The van der Waals surface area contributed by atoms with Gasteiger partial charge >= 0.3 is 0 Å². The molecule has 0 amide bonds. The zero-order chi connectivity index (χ0) is 9.72. The topological polar surface area (TPSA) is 29.3 Å². The Kier molecular flexibility index (Phi) is 5.09.